The maximum absolute atomic E-state index is 13.3. The number of nitrogens with one attached hydrogen (secondary N) is 1. The zero-order valence-corrected chi connectivity index (χ0v) is 8.33. The first kappa shape index (κ1) is 11.6. The molecule has 0 amide bonds. The van der Waals surface area contributed by atoms with E-state index in [4.69, 9.17) is 10.4 Å². The largest absolute Gasteiger partial charge is 0.396 e. The first-order valence-corrected chi connectivity index (χ1v) is 4.78. The fourth-order valence-electron chi connectivity index (χ4n) is 1.19. The highest BCUT2D eigenvalue weighted by Gasteiger charge is 2.02. The summed E-state index contributed by atoms with van der Waals surface area (Å²) >= 11 is 0. The molecule has 0 aromatic heterocycles. The van der Waals surface area contributed by atoms with Crippen molar-refractivity contribution in [2.24, 2.45) is 0 Å². The Hall–Kier alpha value is -1.44. The molecule has 0 spiro atoms. The molecule has 3 nitrogen and oxygen atoms in total. The van der Waals surface area contributed by atoms with E-state index >= 15 is 0 Å². The Labute approximate surface area is 88.2 Å². The van der Waals surface area contributed by atoms with Crippen LogP contribution in [0.5, 0.6) is 0 Å². The third-order valence-corrected chi connectivity index (χ3v) is 2.01. The van der Waals surface area contributed by atoms with Crippen molar-refractivity contribution in [2.75, 3.05) is 13.2 Å². The number of hydrogen-bond donors (Lipinski definition) is 2. The van der Waals surface area contributed by atoms with Crippen molar-refractivity contribution in [1.29, 1.82) is 5.26 Å². The molecule has 0 fully saturated rings. The van der Waals surface area contributed by atoms with Gasteiger partial charge in [-0.2, -0.15) is 5.26 Å². The molecule has 1 aromatic carbocycles. The van der Waals surface area contributed by atoms with Crippen molar-refractivity contribution in [3.63, 3.8) is 0 Å². The van der Waals surface area contributed by atoms with Crippen LogP contribution in [0.15, 0.2) is 18.2 Å². The predicted molar refractivity (Wildman–Crippen MR) is 54.5 cm³/mol. The normalized spacial score (nSPS) is 9.93. The summed E-state index contributed by atoms with van der Waals surface area (Å²) in [4.78, 5) is 0. The molecule has 1 rings (SSSR count). The van der Waals surface area contributed by atoms with Gasteiger partial charge in [0.2, 0.25) is 0 Å². The van der Waals surface area contributed by atoms with Gasteiger partial charge in [0.1, 0.15) is 5.82 Å². The number of halogens is 1. The molecule has 0 aliphatic heterocycles. The van der Waals surface area contributed by atoms with Gasteiger partial charge in [0, 0.05) is 18.7 Å². The summed E-state index contributed by atoms with van der Waals surface area (Å²) in [6.45, 7) is 1.19. The Kier molecular flexibility index (Phi) is 4.75. The summed E-state index contributed by atoms with van der Waals surface area (Å²) in [7, 11) is 0. The smallest absolute Gasteiger partial charge is 0.129 e. The van der Waals surface area contributed by atoms with Gasteiger partial charge < -0.3 is 10.4 Å². The maximum atomic E-state index is 13.3. The number of nitriles is 1. The van der Waals surface area contributed by atoms with Crippen LogP contribution in [0.25, 0.3) is 0 Å². The molecule has 2 N–H and O–H groups in total. The van der Waals surface area contributed by atoms with Crippen LogP contribution in [-0.4, -0.2) is 18.3 Å². The summed E-state index contributed by atoms with van der Waals surface area (Å²) in [6.07, 6.45) is 0.651. The summed E-state index contributed by atoms with van der Waals surface area (Å²) in [6, 6.07) is 6.29. The molecule has 80 valence electrons. The first-order chi connectivity index (χ1) is 7.27. The fourth-order valence-corrected chi connectivity index (χ4v) is 1.19. The Morgan fingerprint density at radius 3 is 2.87 bits per heavy atom. The third-order valence-electron chi connectivity index (χ3n) is 2.01. The standard InChI is InChI=1S/C11H13FN2O/c12-11-6-9(7-13)2-3-10(11)8-14-4-1-5-15/h2-3,6,14-15H,1,4-5,8H2. The fraction of sp³-hybridized carbons (Fsp3) is 0.364. The summed E-state index contributed by atoms with van der Waals surface area (Å²) < 4.78 is 13.3. The average molecular weight is 208 g/mol. The number of aliphatic hydroxyl groups is 1. The van der Waals surface area contributed by atoms with Crippen molar-refractivity contribution < 1.29 is 9.50 Å². The van der Waals surface area contributed by atoms with Gasteiger partial charge in [0.15, 0.2) is 0 Å². The molecule has 0 bridgehead atoms. The molecule has 0 saturated heterocycles. The van der Waals surface area contributed by atoms with Gasteiger partial charge >= 0.3 is 0 Å². The molecule has 1 aromatic rings. The molecule has 15 heavy (non-hydrogen) atoms. The van der Waals surface area contributed by atoms with Gasteiger partial charge in [-0.1, -0.05) is 6.07 Å². The van der Waals surface area contributed by atoms with Crippen LogP contribution in [0.4, 0.5) is 4.39 Å². The monoisotopic (exact) mass is 208 g/mol. The van der Waals surface area contributed by atoms with Crippen LogP contribution in [0.2, 0.25) is 0 Å². The van der Waals surface area contributed by atoms with E-state index in [0.29, 0.717) is 30.6 Å². The van der Waals surface area contributed by atoms with E-state index in [-0.39, 0.29) is 12.4 Å². The van der Waals surface area contributed by atoms with Crippen molar-refractivity contribution in [3.05, 3.63) is 35.1 Å². The third kappa shape index (κ3) is 3.66. The molecule has 0 saturated carbocycles. The van der Waals surface area contributed by atoms with E-state index in [1.165, 1.54) is 6.07 Å². The SMILES string of the molecule is N#Cc1ccc(CNCCCO)c(F)c1. The van der Waals surface area contributed by atoms with E-state index in [2.05, 4.69) is 5.32 Å². The summed E-state index contributed by atoms with van der Waals surface area (Å²) in [5.41, 5.74) is 0.860. The molecule has 0 heterocycles. The molecule has 0 unspecified atom stereocenters. The second kappa shape index (κ2) is 6.12. The molecular weight excluding hydrogens is 195 g/mol. The van der Waals surface area contributed by atoms with Crippen LogP contribution in [-0.2, 0) is 6.54 Å². The lowest BCUT2D eigenvalue weighted by Crippen LogP contribution is -2.16. The Balaban J connectivity index is 2.52. The second-order valence-corrected chi connectivity index (χ2v) is 3.17. The van der Waals surface area contributed by atoms with Crippen LogP contribution >= 0.6 is 0 Å². The van der Waals surface area contributed by atoms with Gasteiger partial charge in [-0.25, -0.2) is 4.39 Å². The quantitative estimate of drug-likeness (QED) is 0.714. The Bertz CT molecular complexity index is 360. The highest BCUT2D eigenvalue weighted by Crippen LogP contribution is 2.09. The highest BCUT2D eigenvalue weighted by atomic mass is 19.1. The first-order valence-electron chi connectivity index (χ1n) is 4.78. The van der Waals surface area contributed by atoms with Gasteiger partial charge in [-0.15, -0.1) is 0 Å². The number of rotatable bonds is 5. The number of aliphatic hydroxyl groups excluding tert-OH is 1. The lowest BCUT2D eigenvalue weighted by Gasteiger charge is -2.05. The van der Waals surface area contributed by atoms with Crippen LogP contribution in [0.1, 0.15) is 17.5 Å². The van der Waals surface area contributed by atoms with Gasteiger partial charge in [-0.3, -0.25) is 0 Å². The van der Waals surface area contributed by atoms with E-state index in [1.807, 2.05) is 6.07 Å². The average Bonchev–Trinajstić information content (AvgIpc) is 2.26. The number of benzene rings is 1. The topological polar surface area (TPSA) is 56.0 Å². The lowest BCUT2D eigenvalue weighted by molar-refractivity contribution is 0.286. The molecule has 0 aliphatic rings. The van der Waals surface area contributed by atoms with E-state index < -0.39 is 0 Å². The van der Waals surface area contributed by atoms with Gasteiger partial charge in [0.25, 0.3) is 0 Å². The lowest BCUT2D eigenvalue weighted by atomic mass is 10.1. The van der Waals surface area contributed by atoms with E-state index in [1.54, 1.807) is 12.1 Å². The zero-order chi connectivity index (χ0) is 11.1. The zero-order valence-electron chi connectivity index (χ0n) is 8.33. The minimum absolute atomic E-state index is 0.128. The van der Waals surface area contributed by atoms with Gasteiger partial charge in [-0.05, 0) is 25.1 Å². The second-order valence-electron chi connectivity index (χ2n) is 3.17. The van der Waals surface area contributed by atoms with E-state index in [0.717, 1.165) is 0 Å². The highest BCUT2D eigenvalue weighted by molar-refractivity contribution is 5.32. The minimum atomic E-state index is -0.370. The molecule has 4 heteroatoms. The molecular formula is C11H13FN2O. The van der Waals surface area contributed by atoms with Gasteiger partial charge in [0.05, 0.1) is 11.6 Å². The van der Waals surface area contributed by atoms with Crippen LogP contribution in [0.3, 0.4) is 0 Å². The van der Waals surface area contributed by atoms with Crippen molar-refractivity contribution >= 4 is 0 Å². The minimum Gasteiger partial charge on any atom is -0.396 e. The Morgan fingerprint density at radius 2 is 2.27 bits per heavy atom. The number of hydrogen-bond acceptors (Lipinski definition) is 3. The molecule has 0 atom stereocenters. The maximum Gasteiger partial charge on any atom is 0.129 e. The van der Waals surface area contributed by atoms with Crippen molar-refractivity contribution in [2.45, 2.75) is 13.0 Å². The van der Waals surface area contributed by atoms with E-state index in [9.17, 15) is 4.39 Å². The van der Waals surface area contributed by atoms with Crippen molar-refractivity contribution in [3.8, 4) is 6.07 Å². The Morgan fingerprint density at radius 1 is 1.47 bits per heavy atom. The molecule has 0 aliphatic carbocycles. The van der Waals surface area contributed by atoms with Crippen molar-refractivity contribution in [1.82, 2.24) is 5.32 Å². The predicted octanol–water partition coefficient (Wildman–Crippen LogP) is 1.17. The number of nitrogens with zero attached hydrogens (tertiary/aromatic N) is 1. The molecule has 0 radical (unpaired) electrons. The summed E-state index contributed by atoms with van der Waals surface area (Å²) in [5, 5.41) is 20.1. The van der Waals surface area contributed by atoms with Crippen LogP contribution < -0.4 is 5.32 Å². The van der Waals surface area contributed by atoms with Crippen LogP contribution in [0, 0.1) is 17.1 Å². The summed E-state index contributed by atoms with van der Waals surface area (Å²) in [5.74, 6) is -0.370.